The number of nitrogens with zero attached hydrogens (tertiary/aromatic N) is 1. The van der Waals surface area contributed by atoms with Gasteiger partial charge in [0.25, 0.3) is 0 Å². The maximum absolute atomic E-state index is 10.9. The average molecular weight is 252 g/mol. The molecule has 18 heavy (non-hydrogen) atoms. The normalized spacial score (nSPS) is 19.5. The molecule has 0 aliphatic carbocycles. The molecule has 0 saturated carbocycles. The average Bonchev–Trinajstić information content (AvgIpc) is 2.37. The topological polar surface area (TPSA) is 80.7 Å². The summed E-state index contributed by atoms with van der Waals surface area (Å²) in [5.41, 5.74) is 0.893. The first kappa shape index (κ1) is 12.8. The van der Waals surface area contributed by atoms with Crippen LogP contribution in [0.25, 0.3) is 0 Å². The Morgan fingerprint density at radius 1 is 1.56 bits per heavy atom. The second kappa shape index (κ2) is 5.79. The van der Waals surface area contributed by atoms with Crippen LogP contribution in [0.5, 0.6) is 0 Å². The van der Waals surface area contributed by atoms with E-state index in [1.165, 1.54) is 12.1 Å². The number of aromatic carboxylic acids is 1. The van der Waals surface area contributed by atoms with Crippen molar-refractivity contribution in [3.8, 4) is 0 Å². The van der Waals surface area contributed by atoms with E-state index in [2.05, 4.69) is 10.3 Å². The molecule has 0 amide bonds. The maximum Gasteiger partial charge on any atom is 0.335 e. The third-order valence-electron chi connectivity index (χ3n) is 2.60. The molecule has 0 bridgehead atoms. The zero-order chi connectivity index (χ0) is 13.0. The lowest BCUT2D eigenvalue weighted by Gasteiger charge is -2.23. The molecule has 1 aromatic heterocycles. The Kier molecular flexibility index (Phi) is 4.11. The molecule has 0 radical (unpaired) electrons. The van der Waals surface area contributed by atoms with Crippen LogP contribution in [0.4, 0.5) is 5.82 Å². The standard InChI is InChI=1S/C12H16N2O4/c1-8-4-9(12(15)16)5-11(14-8)13-6-10-7-17-2-3-18-10/h4-5,10H,2-3,6-7H2,1H3,(H,13,14)(H,15,16). The molecule has 0 spiro atoms. The summed E-state index contributed by atoms with van der Waals surface area (Å²) in [4.78, 5) is 15.1. The van der Waals surface area contributed by atoms with Crippen LogP contribution in [0, 0.1) is 6.92 Å². The number of hydrogen-bond donors (Lipinski definition) is 2. The van der Waals surface area contributed by atoms with Gasteiger partial charge in [0.15, 0.2) is 0 Å². The largest absolute Gasteiger partial charge is 0.478 e. The summed E-state index contributed by atoms with van der Waals surface area (Å²) in [6.45, 7) is 4.08. The minimum Gasteiger partial charge on any atom is -0.478 e. The van der Waals surface area contributed by atoms with Crippen molar-refractivity contribution in [3.63, 3.8) is 0 Å². The summed E-state index contributed by atoms with van der Waals surface area (Å²) in [6, 6.07) is 3.05. The predicted octanol–water partition coefficient (Wildman–Crippen LogP) is 0.916. The van der Waals surface area contributed by atoms with E-state index in [1.54, 1.807) is 6.92 Å². The number of hydrogen-bond acceptors (Lipinski definition) is 5. The van der Waals surface area contributed by atoms with Gasteiger partial charge < -0.3 is 19.9 Å². The van der Waals surface area contributed by atoms with E-state index in [4.69, 9.17) is 14.6 Å². The Labute approximate surface area is 105 Å². The van der Waals surface area contributed by atoms with Crippen molar-refractivity contribution >= 4 is 11.8 Å². The molecule has 0 aromatic carbocycles. The summed E-state index contributed by atoms with van der Waals surface area (Å²) in [5.74, 6) is -0.414. The van der Waals surface area contributed by atoms with Crippen LogP contribution in [0.2, 0.25) is 0 Å². The number of nitrogens with one attached hydrogen (secondary N) is 1. The SMILES string of the molecule is Cc1cc(C(=O)O)cc(NCC2COCCO2)n1. The van der Waals surface area contributed by atoms with Gasteiger partial charge in [-0.05, 0) is 19.1 Å². The van der Waals surface area contributed by atoms with E-state index >= 15 is 0 Å². The number of ether oxygens (including phenoxy) is 2. The van der Waals surface area contributed by atoms with Gasteiger partial charge in [-0.3, -0.25) is 0 Å². The highest BCUT2D eigenvalue weighted by Gasteiger charge is 2.14. The van der Waals surface area contributed by atoms with Crippen LogP contribution in [0.1, 0.15) is 16.1 Å². The summed E-state index contributed by atoms with van der Waals surface area (Å²) in [6.07, 6.45) is -0.0191. The van der Waals surface area contributed by atoms with Crippen LogP contribution in [-0.2, 0) is 9.47 Å². The van der Waals surface area contributed by atoms with Crippen molar-refractivity contribution in [2.24, 2.45) is 0 Å². The van der Waals surface area contributed by atoms with E-state index in [-0.39, 0.29) is 11.7 Å². The maximum atomic E-state index is 10.9. The first-order chi connectivity index (χ1) is 8.65. The van der Waals surface area contributed by atoms with Crippen molar-refractivity contribution < 1.29 is 19.4 Å². The number of carboxylic acids is 1. The van der Waals surface area contributed by atoms with Crippen molar-refractivity contribution in [3.05, 3.63) is 23.4 Å². The van der Waals surface area contributed by atoms with Crippen LogP contribution >= 0.6 is 0 Å². The number of rotatable bonds is 4. The number of pyridine rings is 1. The lowest BCUT2D eigenvalue weighted by molar-refractivity contribution is -0.0819. The Hall–Kier alpha value is -1.66. The molecule has 98 valence electrons. The molecule has 2 heterocycles. The van der Waals surface area contributed by atoms with E-state index in [0.717, 1.165) is 0 Å². The fourth-order valence-electron chi connectivity index (χ4n) is 1.76. The highest BCUT2D eigenvalue weighted by Crippen LogP contribution is 2.11. The summed E-state index contributed by atoms with van der Waals surface area (Å²) >= 11 is 0. The highest BCUT2D eigenvalue weighted by atomic mass is 16.6. The zero-order valence-corrected chi connectivity index (χ0v) is 10.2. The first-order valence-corrected chi connectivity index (χ1v) is 5.80. The van der Waals surface area contributed by atoms with E-state index in [0.29, 0.717) is 37.9 Å². The number of carbonyl (C=O) groups is 1. The Morgan fingerprint density at radius 3 is 3.06 bits per heavy atom. The van der Waals surface area contributed by atoms with E-state index in [9.17, 15) is 4.79 Å². The number of carboxylic acid groups (broad SMARTS) is 1. The molecule has 1 aliphatic heterocycles. The summed E-state index contributed by atoms with van der Waals surface area (Å²) < 4.78 is 10.8. The number of aryl methyl sites for hydroxylation is 1. The molecule has 2 rings (SSSR count). The van der Waals surface area contributed by atoms with Gasteiger partial charge in [-0.25, -0.2) is 9.78 Å². The second-order valence-electron chi connectivity index (χ2n) is 4.14. The van der Waals surface area contributed by atoms with Crippen molar-refractivity contribution in [1.29, 1.82) is 0 Å². The van der Waals surface area contributed by atoms with E-state index < -0.39 is 5.97 Å². The van der Waals surface area contributed by atoms with Gasteiger partial charge in [-0.2, -0.15) is 0 Å². The molecular weight excluding hydrogens is 236 g/mol. The molecule has 6 nitrogen and oxygen atoms in total. The number of aromatic nitrogens is 1. The van der Waals surface area contributed by atoms with Crippen molar-refractivity contribution in [2.45, 2.75) is 13.0 Å². The minimum atomic E-state index is -0.958. The highest BCUT2D eigenvalue weighted by molar-refractivity contribution is 5.88. The molecule has 6 heteroatoms. The van der Waals surface area contributed by atoms with Gasteiger partial charge in [0.05, 0.1) is 31.5 Å². The third-order valence-corrected chi connectivity index (χ3v) is 2.60. The molecule has 1 atom stereocenters. The zero-order valence-electron chi connectivity index (χ0n) is 10.2. The Bertz CT molecular complexity index is 430. The van der Waals surface area contributed by atoms with Gasteiger partial charge in [-0.15, -0.1) is 0 Å². The lowest BCUT2D eigenvalue weighted by Crippen LogP contribution is -2.34. The molecule has 1 aromatic rings. The molecule has 2 N–H and O–H groups in total. The first-order valence-electron chi connectivity index (χ1n) is 5.80. The second-order valence-corrected chi connectivity index (χ2v) is 4.14. The van der Waals surface area contributed by atoms with Gasteiger partial charge in [-0.1, -0.05) is 0 Å². The van der Waals surface area contributed by atoms with Crippen molar-refractivity contribution in [1.82, 2.24) is 4.98 Å². The lowest BCUT2D eigenvalue weighted by atomic mass is 10.2. The molecule has 1 aliphatic rings. The third kappa shape index (κ3) is 3.41. The fourth-order valence-corrected chi connectivity index (χ4v) is 1.76. The van der Waals surface area contributed by atoms with Crippen LogP contribution in [0.3, 0.4) is 0 Å². The Morgan fingerprint density at radius 2 is 2.39 bits per heavy atom. The summed E-state index contributed by atoms with van der Waals surface area (Å²) in [7, 11) is 0. The van der Waals surface area contributed by atoms with Gasteiger partial charge in [0.1, 0.15) is 5.82 Å². The Balaban J connectivity index is 1.97. The molecule has 1 saturated heterocycles. The van der Waals surface area contributed by atoms with Crippen LogP contribution in [-0.4, -0.2) is 48.5 Å². The minimum absolute atomic E-state index is 0.0191. The van der Waals surface area contributed by atoms with Gasteiger partial charge >= 0.3 is 5.97 Å². The molecular formula is C12H16N2O4. The quantitative estimate of drug-likeness (QED) is 0.829. The van der Waals surface area contributed by atoms with Crippen molar-refractivity contribution in [2.75, 3.05) is 31.7 Å². The molecule has 1 unspecified atom stereocenters. The summed E-state index contributed by atoms with van der Waals surface area (Å²) in [5, 5.41) is 12.0. The van der Waals surface area contributed by atoms with Crippen LogP contribution in [0.15, 0.2) is 12.1 Å². The van der Waals surface area contributed by atoms with Gasteiger partial charge in [0, 0.05) is 12.2 Å². The van der Waals surface area contributed by atoms with Crippen LogP contribution < -0.4 is 5.32 Å². The smallest absolute Gasteiger partial charge is 0.335 e. The van der Waals surface area contributed by atoms with Gasteiger partial charge in [0.2, 0.25) is 0 Å². The van der Waals surface area contributed by atoms with E-state index in [1.807, 2.05) is 0 Å². The number of anilines is 1. The fraction of sp³-hybridized carbons (Fsp3) is 0.500. The monoisotopic (exact) mass is 252 g/mol. The molecule has 1 fully saturated rings. The predicted molar refractivity (Wildman–Crippen MR) is 65.0 cm³/mol.